The molecular formula is C7H8BrNO. The van der Waals surface area contributed by atoms with Gasteiger partial charge in [0.2, 0.25) is 0 Å². The van der Waals surface area contributed by atoms with E-state index < -0.39 is 0 Å². The monoisotopic (exact) mass is 201 g/mol. The van der Waals surface area contributed by atoms with Gasteiger partial charge in [0.05, 0.1) is 6.61 Å². The third kappa shape index (κ3) is 1.80. The maximum Gasteiger partial charge on any atom is 0.0940 e. The molecule has 0 amide bonds. The fraction of sp³-hybridized carbons (Fsp3) is 0.143. The first-order valence-electron chi connectivity index (χ1n) is 2.89. The summed E-state index contributed by atoms with van der Waals surface area (Å²) >= 11 is 3.36. The third-order valence-corrected chi connectivity index (χ3v) is 1.97. The van der Waals surface area contributed by atoms with Crippen molar-refractivity contribution in [3.05, 3.63) is 34.3 Å². The molecule has 0 fully saturated rings. The summed E-state index contributed by atoms with van der Waals surface area (Å²) in [5.74, 6) is 4.91. The largest absolute Gasteiger partial charge is 0.300 e. The highest BCUT2D eigenvalue weighted by Crippen LogP contribution is 2.15. The van der Waals surface area contributed by atoms with Gasteiger partial charge in [0, 0.05) is 4.47 Å². The van der Waals surface area contributed by atoms with E-state index in [1.54, 1.807) is 0 Å². The summed E-state index contributed by atoms with van der Waals surface area (Å²) in [6.07, 6.45) is 0. The SMILES string of the molecule is NOCc1ccccc1Br. The van der Waals surface area contributed by atoms with E-state index in [1.165, 1.54) is 0 Å². The van der Waals surface area contributed by atoms with Crippen LogP contribution in [0.5, 0.6) is 0 Å². The van der Waals surface area contributed by atoms with Crippen molar-refractivity contribution in [2.24, 2.45) is 5.90 Å². The van der Waals surface area contributed by atoms with Crippen LogP contribution in [0, 0.1) is 0 Å². The van der Waals surface area contributed by atoms with Crippen LogP contribution in [0.25, 0.3) is 0 Å². The number of rotatable bonds is 2. The van der Waals surface area contributed by atoms with Crippen LogP contribution in [-0.4, -0.2) is 0 Å². The van der Waals surface area contributed by atoms with Gasteiger partial charge < -0.3 is 0 Å². The van der Waals surface area contributed by atoms with Crippen molar-refractivity contribution in [2.45, 2.75) is 6.61 Å². The molecule has 0 spiro atoms. The minimum atomic E-state index is 0.446. The first-order chi connectivity index (χ1) is 4.84. The Morgan fingerprint density at radius 2 is 2.10 bits per heavy atom. The van der Waals surface area contributed by atoms with Gasteiger partial charge in [0.1, 0.15) is 0 Å². The quantitative estimate of drug-likeness (QED) is 0.742. The molecule has 0 aromatic heterocycles. The van der Waals surface area contributed by atoms with E-state index in [0.29, 0.717) is 6.61 Å². The van der Waals surface area contributed by atoms with E-state index in [1.807, 2.05) is 24.3 Å². The number of hydrogen-bond donors (Lipinski definition) is 1. The second-order valence-corrected chi connectivity index (χ2v) is 2.76. The molecule has 0 saturated carbocycles. The van der Waals surface area contributed by atoms with Crippen molar-refractivity contribution in [3.8, 4) is 0 Å². The fourth-order valence-corrected chi connectivity index (χ4v) is 1.10. The molecule has 0 aliphatic rings. The maximum absolute atomic E-state index is 4.91. The molecule has 0 radical (unpaired) electrons. The van der Waals surface area contributed by atoms with Gasteiger partial charge in [0.15, 0.2) is 0 Å². The van der Waals surface area contributed by atoms with E-state index in [4.69, 9.17) is 5.90 Å². The smallest absolute Gasteiger partial charge is 0.0940 e. The number of nitrogens with two attached hydrogens (primary N) is 1. The summed E-state index contributed by atoms with van der Waals surface area (Å²) in [5.41, 5.74) is 1.06. The fourth-order valence-electron chi connectivity index (χ4n) is 0.705. The zero-order valence-electron chi connectivity index (χ0n) is 5.38. The lowest BCUT2D eigenvalue weighted by atomic mass is 10.2. The van der Waals surface area contributed by atoms with Crippen LogP contribution >= 0.6 is 15.9 Å². The molecule has 1 aromatic rings. The highest BCUT2D eigenvalue weighted by atomic mass is 79.9. The molecule has 0 heterocycles. The second-order valence-electron chi connectivity index (χ2n) is 1.90. The summed E-state index contributed by atoms with van der Waals surface area (Å²) in [6, 6.07) is 7.80. The van der Waals surface area contributed by atoms with Gasteiger partial charge in [-0.05, 0) is 11.6 Å². The van der Waals surface area contributed by atoms with E-state index in [-0.39, 0.29) is 0 Å². The Morgan fingerprint density at radius 1 is 1.40 bits per heavy atom. The minimum Gasteiger partial charge on any atom is -0.300 e. The number of halogens is 1. The molecule has 0 aliphatic carbocycles. The number of hydrogen-bond acceptors (Lipinski definition) is 2. The van der Waals surface area contributed by atoms with E-state index in [0.717, 1.165) is 10.0 Å². The van der Waals surface area contributed by atoms with Gasteiger partial charge in [-0.15, -0.1) is 0 Å². The molecule has 0 saturated heterocycles. The molecule has 1 rings (SSSR count). The second kappa shape index (κ2) is 3.71. The molecule has 2 N–H and O–H groups in total. The van der Waals surface area contributed by atoms with E-state index >= 15 is 0 Å². The van der Waals surface area contributed by atoms with Crippen molar-refractivity contribution in [1.82, 2.24) is 0 Å². The molecule has 2 nitrogen and oxygen atoms in total. The Morgan fingerprint density at radius 3 is 2.70 bits per heavy atom. The van der Waals surface area contributed by atoms with Crippen LogP contribution in [0.15, 0.2) is 28.7 Å². The predicted molar refractivity (Wildman–Crippen MR) is 43.1 cm³/mol. The average Bonchev–Trinajstić information content (AvgIpc) is 1.94. The molecule has 10 heavy (non-hydrogen) atoms. The predicted octanol–water partition coefficient (Wildman–Crippen LogP) is 1.84. The van der Waals surface area contributed by atoms with Crippen LogP contribution in [0.1, 0.15) is 5.56 Å². The highest BCUT2D eigenvalue weighted by Gasteiger charge is 1.95. The van der Waals surface area contributed by atoms with Gasteiger partial charge in [-0.25, -0.2) is 5.90 Å². The molecule has 54 valence electrons. The van der Waals surface area contributed by atoms with Crippen molar-refractivity contribution in [2.75, 3.05) is 0 Å². The van der Waals surface area contributed by atoms with Gasteiger partial charge >= 0.3 is 0 Å². The minimum absolute atomic E-state index is 0.446. The lowest BCUT2D eigenvalue weighted by Crippen LogP contribution is -1.98. The van der Waals surface area contributed by atoms with Gasteiger partial charge in [-0.3, -0.25) is 4.84 Å². The van der Waals surface area contributed by atoms with Crippen LogP contribution in [0.2, 0.25) is 0 Å². The van der Waals surface area contributed by atoms with Crippen LogP contribution < -0.4 is 5.90 Å². The Kier molecular flexibility index (Phi) is 2.86. The van der Waals surface area contributed by atoms with Crippen molar-refractivity contribution >= 4 is 15.9 Å². The standard InChI is InChI=1S/C7H8BrNO/c8-7-4-2-1-3-6(7)5-10-9/h1-4H,5,9H2. The molecular weight excluding hydrogens is 194 g/mol. The summed E-state index contributed by atoms with van der Waals surface area (Å²) in [5, 5.41) is 0. The summed E-state index contributed by atoms with van der Waals surface area (Å²) in [4.78, 5) is 4.48. The Bertz CT molecular complexity index is 215. The molecule has 0 aliphatic heterocycles. The van der Waals surface area contributed by atoms with Crippen LogP contribution in [-0.2, 0) is 11.4 Å². The zero-order chi connectivity index (χ0) is 7.40. The lowest BCUT2D eigenvalue weighted by molar-refractivity contribution is 0.123. The maximum atomic E-state index is 4.91. The topological polar surface area (TPSA) is 35.2 Å². The summed E-state index contributed by atoms with van der Waals surface area (Å²) in [6.45, 7) is 0.446. The van der Waals surface area contributed by atoms with Crippen LogP contribution in [0.3, 0.4) is 0 Å². The lowest BCUT2D eigenvalue weighted by Gasteiger charge is -1.99. The molecule has 1 aromatic carbocycles. The highest BCUT2D eigenvalue weighted by molar-refractivity contribution is 9.10. The first kappa shape index (κ1) is 7.72. The summed E-state index contributed by atoms with van der Waals surface area (Å²) < 4.78 is 1.03. The average molecular weight is 202 g/mol. The van der Waals surface area contributed by atoms with Gasteiger partial charge in [-0.2, -0.15) is 0 Å². The van der Waals surface area contributed by atoms with Crippen molar-refractivity contribution < 1.29 is 4.84 Å². The summed E-state index contributed by atoms with van der Waals surface area (Å²) in [7, 11) is 0. The van der Waals surface area contributed by atoms with Crippen molar-refractivity contribution in [3.63, 3.8) is 0 Å². The Labute approximate surface area is 68.1 Å². The first-order valence-corrected chi connectivity index (χ1v) is 3.69. The normalized spacial score (nSPS) is 9.80. The molecule has 0 atom stereocenters. The van der Waals surface area contributed by atoms with Gasteiger partial charge in [0.25, 0.3) is 0 Å². The molecule has 0 unspecified atom stereocenters. The van der Waals surface area contributed by atoms with Gasteiger partial charge in [-0.1, -0.05) is 34.1 Å². The zero-order valence-corrected chi connectivity index (χ0v) is 6.97. The third-order valence-electron chi connectivity index (χ3n) is 1.20. The number of benzene rings is 1. The van der Waals surface area contributed by atoms with Crippen molar-refractivity contribution in [1.29, 1.82) is 0 Å². The molecule has 0 bridgehead atoms. The van der Waals surface area contributed by atoms with E-state index in [9.17, 15) is 0 Å². The Balaban J connectivity index is 2.81. The van der Waals surface area contributed by atoms with Crippen LogP contribution in [0.4, 0.5) is 0 Å². The Hall–Kier alpha value is -0.380. The molecule has 3 heteroatoms. The van der Waals surface area contributed by atoms with E-state index in [2.05, 4.69) is 20.8 Å².